The number of nitrogens with zero attached hydrogens (tertiary/aromatic N) is 3. The van der Waals surface area contributed by atoms with Crippen molar-refractivity contribution >= 4 is 34.1 Å². The first-order valence-corrected chi connectivity index (χ1v) is 15.0. The highest BCUT2D eigenvalue weighted by Gasteiger charge is 2.29. The first-order chi connectivity index (χ1) is 20.3. The number of halogens is 2. The van der Waals surface area contributed by atoms with Gasteiger partial charge in [-0.2, -0.15) is 0 Å². The van der Waals surface area contributed by atoms with E-state index in [1.54, 1.807) is 18.3 Å². The van der Waals surface area contributed by atoms with Crippen molar-refractivity contribution in [1.82, 2.24) is 14.9 Å². The molecule has 2 atom stereocenters. The topological polar surface area (TPSA) is 104 Å². The number of phenolic OH excluding ortho intramolecular Hbond substituents is 1. The maximum Gasteiger partial charge on any atom is 0.170 e. The maximum atomic E-state index is 14.4. The van der Waals surface area contributed by atoms with Gasteiger partial charge in [-0.05, 0) is 74.4 Å². The van der Waals surface area contributed by atoms with Gasteiger partial charge in [0.1, 0.15) is 5.52 Å². The van der Waals surface area contributed by atoms with E-state index in [9.17, 15) is 14.3 Å². The quantitative estimate of drug-likeness (QED) is 0.267. The van der Waals surface area contributed by atoms with Crippen LogP contribution in [0.3, 0.4) is 0 Å². The van der Waals surface area contributed by atoms with Crippen molar-refractivity contribution in [2.24, 2.45) is 17.6 Å². The van der Waals surface area contributed by atoms with E-state index in [0.717, 1.165) is 63.0 Å². The molecule has 2 aromatic heterocycles. The van der Waals surface area contributed by atoms with Crippen LogP contribution in [0.1, 0.15) is 55.8 Å². The molecule has 7 nitrogen and oxygen atoms in total. The molecule has 2 aliphatic carbocycles. The minimum Gasteiger partial charge on any atom is -0.504 e. The van der Waals surface area contributed by atoms with E-state index in [0.29, 0.717) is 33.5 Å². The van der Waals surface area contributed by atoms with Gasteiger partial charge in [0, 0.05) is 48.2 Å². The number of benzene rings is 1. The van der Waals surface area contributed by atoms with Crippen molar-refractivity contribution in [1.29, 1.82) is 0 Å². The van der Waals surface area contributed by atoms with Gasteiger partial charge in [0.2, 0.25) is 0 Å². The van der Waals surface area contributed by atoms with E-state index in [1.165, 1.54) is 12.1 Å². The molecule has 42 heavy (non-hydrogen) atoms. The van der Waals surface area contributed by atoms with Crippen LogP contribution in [0, 0.1) is 17.7 Å². The number of aromatic nitrogens is 2. The summed E-state index contributed by atoms with van der Waals surface area (Å²) in [6.07, 6.45) is 16.0. The average Bonchev–Trinajstić information content (AvgIpc) is 2.93. The highest BCUT2D eigenvalue weighted by Crippen LogP contribution is 2.37. The SMILES string of the molecule is CC1C=C(Nc2c(C(=O)C3CCC3)cnc3ccc(-c4cc(F)c(O)c(Cl)c4)nc23)C=CC(N2CCC[C@H](N)C2)=CC1. The molecule has 1 aliphatic heterocycles. The number of hydrogen-bond acceptors (Lipinski definition) is 7. The molecule has 0 radical (unpaired) electrons. The first-order valence-electron chi connectivity index (χ1n) is 14.7. The van der Waals surface area contributed by atoms with Gasteiger partial charge in [-0.1, -0.05) is 37.1 Å². The number of fused-ring (bicyclic) bond motifs is 1. The van der Waals surface area contributed by atoms with Crippen LogP contribution in [0.15, 0.2) is 66.2 Å². The highest BCUT2D eigenvalue weighted by molar-refractivity contribution is 6.32. The monoisotopic (exact) mass is 587 g/mol. The number of carbonyl (C=O) groups excluding carboxylic acids is 1. The maximum absolute atomic E-state index is 14.4. The van der Waals surface area contributed by atoms with Gasteiger partial charge in [-0.15, -0.1) is 0 Å². The molecule has 2 fully saturated rings. The molecule has 1 unspecified atom stereocenters. The molecule has 1 saturated heterocycles. The fourth-order valence-electron chi connectivity index (χ4n) is 5.83. The molecule has 6 rings (SSSR count). The number of ketones is 1. The van der Waals surface area contributed by atoms with Gasteiger partial charge in [0.15, 0.2) is 17.3 Å². The van der Waals surface area contributed by atoms with Crippen LogP contribution in [0.4, 0.5) is 10.1 Å². The van der Waals surface area contributed by atoms with Crippen molar-refractivity contribution in [3.63, 3.8) is 0 Å². The Labute approximate surface area is 250 Å². The molecule has 0 spiro atoms. The number of piperidine rings is 1. The zero-order valence-corrected chi connectivity index (χ0v) is 24.4. The summed E-state index contributed by atoms with van der Waals surface area (Å²) >= 11 is 6.07. The van der Waals surface area contributed by atoms with Gasteiger partial charge in [-0.25, -0.2) is 9.37 Å². The van der Waals surface area contributed by atoms with Gasteiger partial charge in [0.25, 0.3) is 0 Å². The van der Waals surface area contributed by atoms with Gasteiger partial charge in [-0.3, -0.25) is 9.78 Å². The fraction of sp³-hybridized carbons (Fsp3) is 0.364. The predicted molar refractivity (Wildman–Crippen MR) is 165 cm³/mol. The minimum absolute atomic E-state index is 0.0309. The number of hydrogen-bond donors (Lipinski definition) is 3. The zero-order chi connectivity index (χ0) is 29.4. The first kappa shape index (κ1) is 28.4. The molecule has 0 amide bonds. The normalized spacial score (nSPS) is 21.3. The number of allylic oxidation sites excluding steroid dienone is 4. The van der Waals surface area contributed by atoms with E-state index >= 15 is 0 Å². The second-order valence-electron chi connectivity index (χ2n) is 11.7. The van der Waals surface area contributed by atoms with Crippen LogP contribution in [0.5, 0.6) is 5.75 Å². The molecule has 1 aromatic carbocycles. The number of nitrogens with one attached hydrogen (secondary N) is 1. The molecule has 1 saturated carbocycles. The predicted octanol–water partition coefficient (Wildman–Crippen LogP) is 6.98. The third kappa shape index (κ3) is 5.78. The average molecular weight is 588 g/mol. The highest BCUT2D eigenvalue weighted by atomic mass is 35.5. The second-order valence-corrected chi connectivity index (χ2v) is 12.1. The summed E-state index contributed by atoms with van der Waals surface area (Å²) in [6, 6.07) is 6.36. The number of rotatable bonds is 6. The Morgan fingerprint density at radius 1 is 1.19 bits per heavy atom. The summed E-state index contributed by atoms with van der Waals surface area (Å²) in [7, 11) is 0. The molecule has 0 bridgehead atoms. The van der Waals surface area contributed by atoms with Crippen LogP contribution < -0.4 is 11.1 Å². The number of phenols is 1. The van der Waals surface area contributed by atoms with Crippen LogP contribution in [0.25, 0.3) is 22.3 Å². The van der Waals surface area contributed by atoms with E-state index < -0.39 is 11.6 Å². The Morgan fingerprint density at radius 2 is 2.02 bits per heavy atom. The zero-order valence-electron chi connectivity index (χ0n) is 23.6. The number of aromatic hydroxyl groups is 1. The largest absolute Gasteiger partial charge is 0.504 e. The molecular weight excluding hydrogens is 553 g/mol. The van der Waals surface area contributed by atoms with E-state index in [2.05, 4.69) is 40.4 Å². The van der Waals surface area contributed by atoms with Crippen molar-refractivity contribution in [3.8, 4) is 17.0 Å². The Bertz CT molecular complexity index is 1610. The Morgan fingerprint density at radius 3 is 2.76 bits per heavy atom. The minimum atomic E-state index is -0.831. The molecular formula is C33H35ClFN5O2. The van der Waals surface area contributed by atoms with Crippen LogP contribution in [-0.4, -0.2) is 44.9 Å². The number of pyridine rings is 2. The number of Topliss-reactive ketones (excluding diaryl/α,β-unsaturated/α-hetero) is 1. The molecule has 4 N–H and O–H groups in total. The molecule has 3 aromatic rings. The summed E-state index contributed by atoms with van der Waals surface area (Å²) in [4.78, 5) is 25.4. The lowest BCUT2D eigenvalue weighted by Crippen LogP contribution is -2.41. The number of nitrogens with two attached hydrogens (primary N) is 1. The van der Waals surface area contributed by atoms with Crippen LogP contribution in [0.2, 0.25) is 5.02 Å². The lowest BCUT2D eigenvalue weighted by atomic mass is 9.80. The summed E-state index contributed by atoms with van der Waals surface area (Å²) in [6.45, 7) is 3.98. The van der Waals surface area contributed by atoms with E-state index in [1.807, 2.05) is 6.08 Å². The number of carbonyl (C=O) groups is 1. The second kappa shape index (κ2) is 11.9. The summed E-state index contributed by atoms with van der Waals surface area (Å²) in [5, 5.41) is 13.3. The lowest BCUT2D eigenvalue weighted by molar-refractivity contribution is 0.0856. The Kier molecular flexibility index (Phi) is 8.01. The molecule has 3 aliphatic rings. The number of anilines is 1. The fourth-order valence-corrected chi connectivity index (χ4v) is 6.04. The van der Waals surface area contributed by atoms with Gasteiger partial charge in [0.05, 0.1) is 27.5 Å². The summed E-state index contributed by atoms with van der Waals surface area (Å²) in [5.41, 5.74) is 11.3. The van der Waals surface area contributed by atoms with E-state index in [4.69, 9.17) is 22.3 Å². The van der Waals surface area contributed by atoms with Crippen molar-refractivity contribution in [3.05, 3.63) is 82.6 Å². The van der Waals surface area contributed by atoms with Crippen LogP contribution in [-0.2, 0) is 0 Å². The van der Waals surface area contributed by atoms with Crippen molar-refractivity contribution < 1.29 is 14.3 Å². The standard InChI is InChI=1S/C33H35ClFN5O2/c1-19-7-9-24(40-13-3-6-22(36)18-40)10-8-23(14-19)38-30-25(32(41)20-4-2-5-20)17-37-29-12-11-28(39-31(29)30)21-15-26(34)33(42)27(35)16-21/h8-12,14-17,19-20,22,42H,2-7,13,18,36H2,1H3,(H,37,38)/t19?,22-/m0/s1. The summed E-state index contributed by atoms with van der Waals surface area (Å²) in [5.74, 6) is -1.17. The lowest BCUT2D eigenvalue weighted by Gasteiger charge is -2.34. The van der Waals surface area contributed by atoms with Gasteiger partial charge < -0.3 is 21.1 Å². The smallest absolute Gasteiger partial charge is 0.170 e. The molecule has 3 heterocycles. The summed E-state index contributed by atoms with van der Waals surface area (Å²) < 4.78 is 14.4. The Hall–Kier alpha value is -3.75. The third-order valence-electron chi connectivity index (χ3n) is 8.46. The third-order valence-corrected chi connectivity index (χ3v) is 8.74. The van der Waals surface area contributed by atoms with Crippen molar-refractivity contribution in [2.45, 2.75) is 51.5 Å². The van der Waals surface area contributed by atoms with Crippen molar-refractivity contribution in [2.75, 3.05) is 18.4 Å². The van der Waals surface area contributed by atoms with Crippen LogP contribution >= 0.6 is 11.6 Å². The number of likely N-dealkylation sites (tertiary alicyclic amines) is 1. The van der Waals surface area contributed by atoms with Gasteiger partial charge >= 0.3 is 0 Å². The molecule has 9 heteroatoms. The Balaban J connectivity index is 1.42. The molecule has 218 valence electrons. The van der Waals surface area contributed by atoms with E-state index in [-0.39, 0.29) is 28.7 Å².